The third-order valence-corrected chi connectivity index (χ3v) is 2.84. The van der Waals surface area contributed by atoms with E-state index < -0.39 is 5.97 Å². The van der Waals surface area contributed by atoms with Gasteiger partial charge in [-0.1, -0.05) is 13.3 Å². The molecule has 21 heavy (non-hydrogen) atoms. The molecule has 2 rings (SSSR count). The number of hydrogen-bond donors (Lipinski definition) is 0. The summed E-state index contributed by atoms with van der Waals surface area (Å²) < 4.78 is 5.11. The number of fused-ring (bicyclic) bond motifs is 1. The van der Waals surface area contributed by atoms with Gasteiger partial charge in [0.15, 0.2) is 11.4 Å². The van der Waals surface area contributed by atoms with Gasteiger partial charge in [-0.25, -0.2) is 14.8 Å². The molecule has 0 aliphatic heterocycles. The quantitative estimate of drug-likeness (QED) is 0.629. The summed E-state index contributed by atoms with van der Waals surface area (Å²) >= 11 is 0. The van der Waals surface area contributed by atoms with E-state index in [1.165, 1.54) is 6.07 Å². The maximum absolute atomic E-state index is 11.9. The molecule has 1 heterocycles. The first-order valence-electron chi connectivity index (χ1n) is 6.48. The number of aromatic nitrogens is 2. The summed E-state index contributed by atoms with van der Waals surface area (Å²) in [7, 11) is 0. The van der Waals surface area contributed by atoms with Crippen molar-refractivity contribution in [3.63, 3.8) is 0 Å². The van der Waals surface area contributed by atoms with Crippen LogP contribution in [0.5, 0.6) is 0 Å². The van der Waals surface area contributed by atoms with Gasteiger partial charge in [0.25, 0.3) is 0 Å². The van der Waals surface area contributed by atoms with Gasteiger partial charge < -0.3 is 4.74 Å². The van der Waals surface area contributed by atoms with E-state index in [1.54, 1.807) is 12.1 Å². The van der Waals surface area contributed by atoms with Crippen LogP contribution in [0.4, 0.5) is 0 Å². The van der Waals surface area contributed by atoms with Crippen LogP contribution >= 0.6 is 0 Å². The Labute approximate surface area is 121 Å². The average molecular weight is 280 g/mol. The lowest BCUT2D eigenvalue weighted by Crippen LogP contribution is -2.06. The van der Waals surface area contributed by atoms with Crippen LogP contribution in [0.2, 0.25) is 0 Å². The molecule has 0 aliphatic carbocycles. The van der Waals surface area contributed by atoms with Crippen LogP contribution < -0.4 is 0 Å². The fourth-order valence-corrected chi connectivity index (χ4v) is 1.73. The third-order valence-electron chi connectivity index (χ3n) is 2.84. The van der Waals surface area contributed by atoms with Crippen LogP contribution in [0.3, 0.4) is 0 Å². The van der Waals surface area contributed by atoms with Crippen molar-refractivity contribution >= 4 is 17.0 Å². The van der Waals surface area contributed by atoms with Crippen LogP contribution in [-0.4, -0.2) is 22.5 Å². The van der Waals surface area contributed by atoms with E-state index >= 15 is 0 Å². The number of carbonyl (C=O) groups is 1. The van der Waals surface area contributed by atoms with Crippen LogP contribution in [0.1, 0.15) is 41.5 Å². The van der Waals surface area contributed by atoms with E-state index in [1.807, 2.05) is 19.1 Å². The lowest BCUT2D eigenvalue weighted by atomic mass is 10.2. The molecule has 104 valence electrons. The Kier molecular flexibility index (Phi) is 4.43. The summed E-state index contributed by atoms with van der Waals surface area (Å²) in [4.78, 5) is 19.9. The Morgan fingerprint density at radius 2 is 1.86 bits per heavy atom. The molecular formula is C15H12N4O2. The summed E-state index contributed by atoms with van der Waals surface area (Å²) in [6, 6.07) is 8.30. The molecule has 0 bridgehead atoms. The third kappa shape index (κ3) is 3.13. The smallest absolute Gasteiger partial charge is 0.338 e. The van der Waals surface area contributed by atoms with Gasteiger partial charge >= 0.3 is 5.97 Å². The number of hydrogen-bond acceptors (Lipinski definition) is 6. The van der Waals surface area contributed by atoms with E-state index in [4.69, 9.17) is 15.3 Å². The molecule has 0 saturated carbocycles. The fraction of sp³-hybridized carbons (Fsp3) is 0.267. The highest BCUT2D eigenvalue weighted by atomic mass is 16.5. The first-order valence-corrected chi connectivity index (χ1v) is 6.48. The summed E-state index contributed by atoms with van der Waals surface area (Å²) in [5, 5.41) is 17.8. The number of esters is 1. The number of carbonyl (C=O) groups excluding carboxylic acids is 1. The molecule has 0 N–H and O–H groups in total. The van der Waals surface area contributed by atoms with Crippen LogP contribution in [0, 0.1) is 22.7 Å². The van der Waals surface area contributed by atoms with Gasteiger partial charge in [0.05, 0.1) is 23.2 Å². The molecule has 2 aromatic rings. The van der Waals surface area contributed by atoms with E-state index in [0.717, 1.165) is 12.8 Å². The number of benzene rings is 1. The van der Waals surface area contributed by atoms with Crippen molar-refractivity contribution < 1.29 is 9.53 Å². The van der Waals surface area contributed by atoms with Crippen molar-refractivity contribution in [2.45, 2.75) is 19.8 Å². The Bertz CT molecular complexity index is 772. The second-order valence-corrected chi connectivity index (χ2v) is 4.34. The van der Waals surface area contributed by atoms with Crippen LogP contribution in [0.15, 0.2) is 18.2 Å². The minimum atomic E-state index is -0.435. The molecule has 6 nitrogen and oxygen atoms in total. The molecule has 0 spiro atoms. The van der Waals surface area contributed by atoms with Gasteiger partial charge in [0.1, 0.15) is 12.1 Å². The van der Waals surface area contributed by atoms with E-state index in [-0.39, 0.29) is 11.4 Å². The molecule has 0 saturated heterocycles. The first-order chi connectivity index (χ1) is 10.2. The van der Waals surface area contributed by atoms with E-state index in [0.29, 0.717) is 23.2 Å². The minimum Gasteiger partial charge on any atom is -0.462 e. The Morgan fingerprint density at radius 1 is 1.19 bits per heavy atom. The van der Waals surface area contributed by atoms with E-state index in [2.05, 4.69) is 9.97 Å². The predicted octanol–water partition coefficient (Wildman–Crippen LogP) is 2.33. The Hall–Kier alpha value is -2.99. The largest absolute Gasteiger partial charge is 0.462 e. The molecule has 0 unspecified atom stereocenters. The van der Waals surface area contributed by atoms with Crippen molar-refractivity contribution in [1.82, 2.24) is 9.97 Å². The Morgan fingerprint density at radius 3 is 2.48 bits per heavy atom. The molecule has 0 radical (unpaired) electrons. The number of rotatable bonds is 4. The predicted molar refractivity (Wildman–Crippen MR) is 74.2 cm³/mol. The van der Waals surface area contributed by atoms with Crippen LogP contribution in [0.25, 0.3) is 11.0 Å². The zero-order valence-electron chi connectivity index (χ0n) is 11.5. The fourth-order valence-electron chi connectivity index (χ4n) is 1.73. The van der Waals surface area contributed by atoms with Gasteiger partial charge in [0, 0.05) is 0 Å². The molecule has 0 amide bonds. The number of unbranched alkanes of at least 4 members (excludes halogenated alkanes) is 1. The van der Waals surface area contributed by atoms with Crippen molar-refractivity contribution in [1.29, 1.82) is 10.5 Å². The van der Waals surface area contributed by atoms with Crippen molar-refractivity contribution in [2.24, 2.45) is 0 Å². The number of nitriles is 2. The molecule has 1 aromatic heterocycles. The normalized spacial score (nSPS) is 9.86. The summed E-state index contributed by atoms with van der Waals surface area (Å²) in [5.74, 6) is -0.435. The standard InChI is InChI=1S/C15H12N4O2/c1-2-3-6-21-15(20)10-4-5-11-12(7-10)19-14(9-17)13(8-16)18-11/h4-5,7H,2-3,6H2,1H3. The molecule has 6 heteroatoms. The zero-order valence-corrected chi connectivity index (χ0v) is 11.5. The highest BCUT2D eigenvalue weighted by Crippen LogP contribution is 2.15. The highest BCUT2D eigenvalue weighted by Gasteiger charge is 2.12. The molecule has 1 aromatic carbocycles. The van der Waals surface area contributed by atoms with Crippen molar-refractivity contribution in [3.05, 3.63) is 35.2 Å². The van der Waals surface area contributed by atoms with E-state index in [9.17, 15) is 4.79 Å². The molecular weight excluding hydrogens is 268 g/mol. The van der Waals surface area contributed by atoms with Crippen molar-refractivity contribution in [2.75, 3.05) is 6.61 Å². The second-order valence-electron chi connectivity index (χ2n) is 4.34. The monoisotopic (exact) mass is 280 g/mol. The lowest BCUT2D eigenvalue weighted by molar-refractivity contribution is 0.0500. The molecule has 0 aliphatic rings. The molecule has 0 fully saturated rings. The SMILES string of the molecule is CCCCOC(=O)c1ccc2nc(C#N)c(C#N)nc2c1. The topological polar surface area (TPSA) is 99.7 Å². The van der Waals surface area contributed by atoms with Gasteiger partial charge in [0.2, 0.25) is 0 Å². The van der Waals surface area contributed by atoms with Gasteiger partial charge in [-0.3, -0.25) is 0 Å². The van der Waals surface area contributed by atoms with Gasteiger partial charge in [-0.15, -0.1) is 0 Å². The lowest BCUT2D eigenvalue weighted by Gasteiger charge is -2.05. The second kappa shape index (κ2) is 6.44. The zero-order chi connectivity index (χ0) is 15.2. The molecule has 0 atom stereocenters. The highest BCUT2D eigenvalue weighted by molar-refractivity contribution is 5.93. The average Bonchev–Trinajstić information content (AvgIpc) is 2.52. The van der Waals surface area contributed by atoms with Crippen LogP contribution in [-0.2, 0) is 4.74 Å². The number of ether oxygens (including phenoxy) is 1. The summed E-state index contributed by atoms with van der Waals surface area (Å²) in [6.45, 7) is 2.38. The maximum Gasteiger partial charge on any atom is 0.338 e. The first kappa shape index (κ1) is 14.4. The minimum absolute atomic E-state index is 0.0247. The summed E-state index contributed by atoms with van der Waals surface area (Å²) in [5.41, 5.74) is 1.11. The summed E-state index contributed by atoms with van der Waals surface area (Å²) in [6.07, 6.45) is 1.75. The van der Waals surface area contributed by atoms with Gasteiger partial charge in [-0.05, 0) is 24.6 Å². The maximum atomic E-state index is 11.9. The van der Waals surface area contributed by atoms with Crippen molar-refractivity contribution in [3.8, 4) is 12.1 Å². The number of nitrogens with zero attached hydrogens (tertiary/aromatic N) is 4. The van der Waals surface area contributed by atoms with Gasteiger partial charge in [-0.2, -0.15) is 10.5 Å². The Balaban J connectivity index is 2.36.